The first kappa shape index (κ1) is 10.5. The molecule has 4 nitrogen and oxygen atoms in total. The third-order valence-corrected chi connectivity index (χ3v) is 1.72. The van der Waals surface area contributed by atoms with E-state index in [1.165, 1.54) is 0 Å². The number of carbonyl (C=O) groups is 1. The molecule has 14 heavy (non-hydrogen) atoms. The minimum atomic E-state index is -0.210. The quantitative estimate of drug-likeness (QED) is 0.680. The monoisotopic (exact) mass is 194 g/mol. The summed E-state index contributed by atoms with van der Waals surface area (Å²) in [6, 6.07) is 0. The Morgan fingerprint density at radius 1 is 1.71 bits per heavy atom. The molecule has 0 aliphatic heterocycles. The maximum atomic E-state index is 11.0. The predicted octanol–water partition coefficient (Wildman–Crippen LogP) is 1.39. The molecule has 0 saturated heterocycles. The number of aromatic nitrogens is 2. The van der Waals surface area contributed by atoms with Gasteiger partial charge in [-0.25, -0.2) is 4.98 Å². The number of ether oxygens (including phenoxy) is 1. The predicted molar refractivity (Wildman–Crippen MR) is 53.5 cm³/mol. The molecule has 0 saturated carbocycles. The van der Waals surface area contributed by atoms with E-state index in [2.05, 4.69) is 4.98 Å². The molecule has 0 spiro atoms. The average Bonchev–Trinajstić information content (AvgIpc) is 2.52. The van der Waals surface area contributed by atoms with E-state index < -0.39 is 0 Å². The molecule has 0 N–H and O–H groups in total. The number of nitrogens with zero attached hydrogens (tertiary/aromatic N) is 2. The average molecular weight is 194 g/mol. The Bertz CT molecular complexity index is 329. The van der Waals surface area contributed by atoms with Crippen LogP contribution in [0.15, 0.2) is 18.5 Å². The molecule has 0 fully saturated rings. The highest BCUT2D eigenvalue weighted by Gasteiger charge is 1.97. The molecule has 0 aromatic carbocycles. The van der Waals surface area contributed by atoms with Crippen LogP contribution in [0, 0.1) is 0 Å². The molecule has 1 aromatic heterocycles. The van der Waals surface area contributed by atoms with Gasteiger partial charge >= 0.3 is 5.97 Å². The molecule has 0 aliphatic rings. The fourth-order valence-corrected chi connectivity index (χ4v) is 1.02. The molecule has 1 heterocycles. The highest BCUT2D eigenvalue weighted by atomic mass is 16.5. The summed E-state index contributed by atoms with van der Waals surface area (Å²) < 4.78 is 6.65. The van der Waals surface area contributed by atoms with E-state index in [0.29, 0.717) is 13.0 Å². The van der Waals surface area contributed by atoms with Crippen molar-refractivity contribution in [3.63, 3.8) is 0 Å². The van der Waals surface area contributed by atoms with Gasteiger partial charge in [0.1, 0.15) is 5.82 Å². The molecule has 0 bridgehead atoms. The zero-order valence-electron chi connectivity index (χ0n) is 8.43. The number of rotatable bonds is 4. The van der Waals surface area contributed by atoms with Crippen LogP contribution in [0.25, 0.3) is 6.08 Å². The number of aryl methyl sites for hydroxylation is 1. The van der Waals surface area contributed by atoms with Crippen LogP contribution in [0.1, 0.15) is 19.2 Å². The van der Waals surface area contributed by atoms with Gasteiger partial charge in [-0.3, -0.25) is 4.79 Å². The Morgan fingerprint density at radius 3 is 3.07 bits per heavy atom. The summed E-state index contributed by atoms with van der Waals surface area (Å²) in [5.74, 6) is 0.618. The molecule has 0 amide bonds. The van der Waals surface area contributed by atoms with E-state index in [1.54, 1.807) is 25.3 Å². The van der Waals surface area contributed by atoms with Crippen molar-refractivity contribution in [3.8, 4) is 0 Å². The molecule has 0 radical (unpaired) electrons. The van der Waals surface area contributed by atoms with Crippen LogP contribution in [-0.2, 0) is 16.6 Å². The van der Waals surface area contributed by atoms with E-state index in [1.807, 2.05) is 17.8 Å². The lowest BCUT2D eigenvalue weighted by molar-refractivity contribution is -0.142. The second kappa shape index (κ2) is 5.21. The Balaban J connectivity index is 2.42. The Hall–Kier alpha value is -1.58. The van der Waals surface area contributed by atoms with Crippen LogP contribution in [0.5, 0.6) is 0 Å². The molecule has 4 heteroatoms. The fourth-order valence-electron chi connectivity index (χ4n) is 1.02. The zero-order chi connectivity index (χ0) is 10.4. The third-order valence-electron chi connectivity index (χ3n) is 1.72. The van der Waals surface area contributed by atoms with Crippen molar-refractivity contribution in [2.24, 2.45) is 7.05 Å². The third kappa shape index (κ3) is 3.05. The normalized spacial score (nSPS) is 10.7. The van der Waals surface area contributed by atoms with Gasteiger partial charge in [0.25, 0.3) is 0 Å². The van der Waals surface area contributed by atoms with E-state index in [-0.39, 0.29) is 5.97 Å². The van der Waals surface area contributed by atoms with Gasteiger partial charge < -0.3 is 9.30 Å². The van der Waals surface area contributed by atoms with Gasteiger partial charge in [-0.15, -0.1) is 0 Å². The highest BCUT2D eigenvalue weighted by Crippen LogP contribution is 1.98. The van der Waals surface area contributed by atoms with Gasteiger partial charge in [-0.05, 0) is 13.0 Å². The van der Waals surface area contributed by atoms with Gasteiger partial charge in [-0.2, -0.15) is 0 Å². The summed E-state index contributed by atoms with van der Waals surface area (Å²) in [5.41, 5.74) is 0. The van der Waals surface area contributed by atoms with Crippen LogP contribution in [0.4, 0.5) is 0 Å². The number of hydrogen-bond donors (Lipinski definition) is 0. The van der Waals surface area contributed by atoms with E-state index in [4.69, 9.17) is 4.74 Å². The lowest BCUT2D eigenvalue weighted by Gasteiger charge is -1.96. The van der Waals surface area contributed by atoms with Gasteiger partial charge in [0, 0.05) is 19.4 Å². The molecule has 1 aromatic rings. The van der Waals surface area contributed by atoms with Crippen LogP contribution in [-0.4, -0.2) is 22.1 Å². The highest BCUT2D eigenvalue weighted by molar-refractivity contribution is 5.72. The summed E-state index contributed by atoms with van der Waals surface area (Å²) in [7, 11) is 1.90. The second-order valence-electron chi connectivity index (χ2n) is 2.81. The lowest BCUT2D eigenvalue weighted by atomic mass is 10.3. The topological polar surface area (TPSA) is 44.1 Å². The Morgan fingerprint density at radius 2 is 2.50 bits per heavy atom. The van der Waals surface area contributed by atoms with Gasteiger partial charge in [0.2, 0.25) is 0 Å². The molecule has 76 valence electrons. The number of carbonyl (C=O) groups excluding carboxylic acids is 1. The van der Waals surface area contributed by atoms with E-state index >= 15 is 0 Å². The van der Waals surface area contributed by atoms with Crippen molar-refractivity contribution in [3.05, 3.63) is 24.3 Å². The van der Waals surface area contributed by atoms with Crippen LogP contribution >= 0.6 is 0 Å². The van der Waals surface area contributed by atoms with E-state index in [0.717, 1.165) is 5.82 Å². The summed E-state index contributed by atoms with van der Waals surface area (Å²) in [6.45, 7) is 2.22. The van der Waals surface area contributed by atoms with Crippen molar-refractivity contribution in [2.75, 3.05) is 6.61 Å². The Kier molecular flexibility index (Phi) is 3.91. The fraction of sp³-hybridized carbons (Fsp3) is 0.400. The summed E-state index contributed by atoms with van der Waals surface area (Å²) in [5, 5.41) is 0. The molecular formula is C10H14N2O2. The summed E-state index contributed by atoms with van der Waals surface area (Å²) in [6.07, 6.45) is 7.41. The zero-order valence-corrected chi connectivity index (χ0v) is 8.43. The Labute approximate surface area is 83.2 Å². The summed E-state index contributed by atoms with van der Waals surface area (Å²) >= 11 is 0. The lowest BCUT2D eigenvalue weighted by Crippen LogP contribution is -2.01. The molecule has 0 aliphatic carbocycles. The largest absolute Gasteiger partial charge is 0.466 e. The molecule has 0 atom stereocenters. The number of esters is 1. The van der Waals surface area contributed by atoms with Crippen molar-refractivity contribution < 1.29 is 9.53 Å². The minimum Gasteiger partial charge on any atom is -0.466 e. The van der Waals surface area contributed by atoms with Crippen molar-refractivity contribution in [2.45, 2.75) is 13.3 Å². The molecular weight excluding hydrogens is 180 g/mol. The van der Waals surface area contributed by atoms with Crippen molar-refractivity contribution >= 4 is 12.0 Å². The second-order valence-corrected chi connectivity index (χ2v) is 2.81. The SMILES string of the molecule is CCOC(=O)CC=Cc1nccn1C. The standard InChI is InChI=1S/C10H14N2O2/c1-3-14-10(13)6-4-5-9-11-7-8-12(9)2/h4-5,7-8H,3,6H2,1-2H3. The maximum absolute atomic E-state index is 11.0. The van der Waals surface area contributed by atoms with Crippen LogP contribution in [0.3, 0.4) is 0 Å². The van der Waals surface area contributed by atoms with Gasteiger partial charge in [-0.1, -0.05) is 6.08 Å². The first-order valence-electron chi connectivity index (χ1n) is 4.53. The van der Waals surface area contributed by atoms with Crippen molar-refractivity contribution in [1.29, 1.82) is 0 Å². The van der Waals surface area contributed by atoms with Crippen LogP contribution in [0.2, 0.25) is 0 Å². The first-order valence-corrected chi connectivity index (χ1v) is 4.53. The van der Waals surface area contributed by atoms with Gasteiger partial charge in [0.05, 0.1) is 13.0 Å². The molecule has 0 unspecified atom stereocenters. The number of hydrogen-bond acceptors (Lipinski definition) is 3. The van der Waals surface area contributed by atoms with Gasteiger partial charge in [0.15, 0.2) is 0 Å². The number of imidazole rings is 1. The minimum absolute atomic E-state index is 0.210. The smallest absolute Gasteiger partial charge is 0.309 e. The van der Waals surface area contributed by atoms with E-state index in [9.17, 15) is 4.79 Å². The molecule has 1 rings (SSSR count). The van der Waals surface area contributed by atoms with Crippen LogP contribution < -0.4 is 0 Å². The van der Waals surface area contributed by atoms with Crippen molar-refractivity contribution in [1.82, 2.24) is 9.55 Å². The first-order chi connectivity index (χ1) is 6.74. The maximum Gasteiger partial charge on any atom is 0.309 e. The summed E-state index contributed by atoms with van der Waals surface area (Å²) in [4.78, 5) is 15.0.